The fourth-order valence-corrected chi connectivity index (χ4v) is 5.81. The summed E-state index contributed by atoms with van der Waals surface area (Å²) >= 11 is 0. The van der Waals surface area contributed by atoms with Crippen molar-refractivity contribution in [3.8, 4) is 11.5 Å². The highest BCUT2D eigenvalue weighted by atomic mass is 32.2. The third-order valence-corrected chi connectivity index (χ3v) is 7.87. The first-order valence-corrected chi connectivity index (χ1v) is 13.2. The van der Waals surface area contributed by atoms with Crippen LogP contribution in [0.15, 0.2) is 65.6 Å². The summed E-state index contributed by atoms with van der Waals surface area (Å²) in [6.45, 7) is 1.73. The number of fused-ring (bicyclic) bond motifs is 2. The number of hydrogen-bond acceptors (Lipinski definition) is 5. The molecule has 2 aliphatic rings. The Kier molecular flexibility index (Phi) is 6.43. The standard InChI is InChI=1S/C26H28N2O5S/c29-26(28-15-4-10-23(28)22-9-3-7-19-6-1-2-8-21(19)22)13-14-27-34(30,31)20-11-12-24-25(18-20)33-17-5-16-32-24/h1-3,6-9,11-12,18,23,27H,4-5,10,13-17H2. The fourth-order valence-electron chi connectivity index (χ4n) is 4.76. The molecule has 178 valence electrons. The Bertz CT molecular complexity index is 1300. The molecule has 1 atom stereocenters. The minimum Gasteiger partial charge on any atom is -0.490 e. The van der Waals surface area contributed by atoms with Crippen molar-refractivity contribution in [2.75, 3.05) is 26.3 Å². The van der Waals surface area contributed by atoms with Crippen LogP contribution in [-0.4, -0.2) is 45.5 Å². The molecule has 34 heavy (non-hydrogen) atoms. The highest BCUT2D eigenvalue weighted by Crippen LogP contribution is 2.36. The van der Waals surface area contributed by atoms with Gasteiger partial charge in [-0.05, 0) is 41.3 Å². The number of likely N-dealkylation sites (tertiary alicyclic amines) is 1. The van der Waals surface area contributed by atoms with Gasteiger partial charge in [-0.25, -0.2) is 13.1 Å². The summed E-state index contributed by atoms with van der Waals surface area (Å²) in [6, 6.07) is 19.0. The first kappa shape index (κ1) is 22.7. The number of rotatable bonds is 6. The van der Waals surface area contributed by atoms with Gasteiger partial charge in [0.2, 0.25) is 15.9 Å². The van der Waals surface area contributed by atoms with Crippen LogP contribution in [0.4, 0.5) is 0 Å². The molecular formula is C26H28N2O5S. The van der Waals surface area contributed by atoms with Gasteiger partial charge < -0.3 is 14.4 Å². The lowest BCUT2D eigenvalue weighted by molar-refractivity contribution is -0.131. The Balaban J connectivity index is 1.25. The molecule has 1 amide bonds. The van der Waals surface area contributed by atoms with E-state index in [4.69, 9.17) is 9.47 Å². The van der Waals surface area contributed by atoms with Gasteiger partial charge in [-0.3, -0.25) is 4.79 Å². The first-order valence-electron chi connectivity index (χ1n) is 11.7. The number of nitrogens with one attached hydrogen (secondary N) is 1. The van der Waals surface area contributed by atoms with Crippen LogP contribution >= 0.6 is 0 Å². The Morgan fingerprint density at radius 2 is 1.76 bits per heavy atom. The zero-order valence-corrected chi connectivity index (χ0v) is 19.7. The third kappa shape index (κ3) is 4.60. The van der Waals surface area contributed by atoms with E-state index in [-0.39, 0.29) is 29.8 Å². The molecule has 0 aromatic heterocycles. The molecule has 8 heteroatoms. The number of nitrogens with zero attached hydrogens (tertiary/aromatic N) is 1. The molecule has 0 aliphatic carbocycles. The van der Waals surface area contributed by atoms with Gasteiger partial charge in [0.25, 0.3) is 0 Å². The van der Waals surface area contributed by atoms with E-state index in [1.165, 1.54) is 12.1 Å². The summed E-state index contributed by atoms with van der Waals surface area (Å²) in [5.74, 6) is 0.920. The van der Waals surface area contributed by atoms with E-state index in [1.807, 2.05) is 23.1 Å². The van der Waals surface area contributed by atoms with Crippen molar-refractivity contribution in [1.82, 2.24) is 9.62 Å². The van der Waals surface area contributed by atoms with Crippen LogP contribution in [0.25, 0.3) is 10.8 Å². The molecule has 3 aromatic carbocycles. The molecule has 1 fully saturated rings. The summed E-state index contributed by atoms with van der Waals surface area (Å²) in [7, 11) is -3.78. The number of hydrogen-bond donors (Lipinski definition) is 1. The minimum absolute atomic E-state index is 0.0111. The number of amides is 1. The van der Waals surface area contributed by atoms with Crippen LogP contribution in [0.5, 0.6) is 11.5 Å². The van der Waals surface area contributed by atoms with Crippen molar-refractivity contribution in [2.24, 2.45) is 0 Å². The van der Waals surface area contributed by atoms with Gasteiger partial charge in [0.05, 0.1) is 24.2 Å². The van der Waals surface area contributed by atoms with Crippen molar-refractivity contribution in [3.05, 3.63) is 66.2 Å². The smallest absolute Gasteiger partial charge is 0.240 e. The molecule has 2 heterocycles. The Morgan fingerprint density at radius 3 is 2.65 bits per heavy atom. The van der Waals surface area contributed by atoms with Gasteiger partial charge in [0.1, 0.15) is 0 Å². The summed E-state index contributed by atoms with van der Waals surface area (Å²) < 4.78 is 39.3. The van der Waals surface area contributed by atoms with E-state index in [9.17, 15) is 13.2 Å². The quantitative estimate of drug-likeness (QED) is 0.576. The summed E-state index contributed by atoms with van der Waals surface area (Å²) in [4.78, 5) is 15.1. The van der Waals surface area contributed by atoms with E-state index >= 15 is 0 Å². The van der Waals surface area contributed by atoms with E-state index in [2.05, 4.69) is 29.0 Å². The monoisotopic (exact) mass is 480 g/mol. The maximum atomic E-state index is 13.1. The minimum atomic E-state index is -3.78. The molecule has 7 nitrogen and oxygen atoms in total. The van der Waals surface area contributed by atoms with Crippen molar-refractivity contribution >= 4 is 26.7 Å². The maximum Gasteiger partial charge on any atom is 0.240 e. The number of carbonyl (C=O) groups is 1. The molecule has 0 spiro atoms. The van der Waals surface area contributed by atoms with Crippen molar-refractivity contribution in [3.63, 3.8) is 0 Å². The molecule has 1 saturated heterocycles. The average Bonchev–Trinajstić information content (AvgIpc) is 3.21. The Morgan fingerprint density at radius 1 is 0.971 bits per heavy atom. The number of benzene rings is 3. The number of ether oxygens (including phenoxy) is 2. The lowest BCUT2D eigenvalue weighted by atomic mass is 9.97. The van der Waals surface area contributed by atoms with Crippen LogP contribution in [0.3, 0.4) is 0 Å². The average molecular weight is 481 g/mol. The largest absolute Gasteiger partial charge is 0.490 e. The second-order valence-electron chi connectivity index (χ2n) is 8.62. The van der Waals surface area contributed by atoms with Gasteiger partial charge >= 0.3 is 0 Å². The van der Waals surface area contributed by atoms with Crippen molar-refractivity contribution in [1.29, 1.82) is 0 Å². The highest BCUT2D eigenvalue weighted by molar-refractivity contribution is 7.89. The van der Waals surface area contributed by atoms with Crippen molar-refractivity contribution < 1.29 is 22.7 Å². The van der Waals surface area contributed by atoms with Gasteiger partial charge in [-0.2, -0.15) is 0 Å². The van der Waals surface area contributed by atoms with Crippen LogP contribution in [0.1, 0.15) is 37.3 Å². The second-order valence-corrected chi connectivity index (χ2v) is 10.4. The zero-order chi connectivity index (χ0) is 23.5. The normalized spacial score (nSPS) is 18.1. The van der Waals surface area contributed by atoms with Crippen LogP contribution in [0.2, 0.25) is 0 Å². The zero-order valence-electron chi connectivity index (χ0n) is 18.9. The van der Waals surface area contributed by atoms with Crippen molar-refractivity contribution in [2.45, 2.75) is 36.6 Å². The van der Waals surface area contributed by atoms with Gasteiger partial charge in [0, 0.05) is 32.0 Å². The summed E-state index contributed by atoms with van der Waals surface area (Å²) in [5, 5.41) is 2.31. The first-order chi connectivity index (χ1) is 16.5. The molecule has 1 N–H and O–H groups in total. The summed E-state index contributed by atoms with van der Waals surface area (Å²) in [6.07, 6.45) is 2.68. The SMILES string of the molecule is O=C(CCNS(=O)(=O)c1ccc2c(c1)OCCCO2)N1CCCC1c1cccc2ccccc12. The van der Waals surface area contributed by atoms with Crippen LogP contribution in [-0.2, 0) is 14.8 Å². The lowest BCUT2D eigenvalue weighted by Gasteiger charge is -2.26. The molecule has 0 saturated carbocycles. The Labute approximate surface area is 199 Å². The van der Waals surface area contributed by atoms with E-state index in [1.54, 1.807) is 6.07 Å². The van der Waals surface area contributed by atoms with Crippen LogP contribution in [0, 0.1) is 0 Å². The third-order valence-electron chi connectivity index (χ3n) is 6.42. The topological polar surface area (TPSA) is 84.9 Å². The predicted molar refractivity (Wildman–Crippen MR) is 129 cm³/mol. The number of carbonyl (C=O) groups excluding carboxylic acids is 1. The predicted octanol–water partition coefficient (Wildman–Crippen LogP) is 4.03. The van der Waals surface area contributed by atoms with Gasteiger partial charge in [-0.1, -0.05) is 42.5 Å². The summed E-state index contributed by atoms with van der Waals surface area (Å²) in [5.41, 5.74) is 1.15. The molecule has 3 aromatic rings. The molecule has 2 aliphatic heterocycles. The Hall–Kier alpha value is -3.10. The van der Waals surface area contributed by atoms with Crippen LogP contribution < -0.4 is 14.2 Å². The van der Waals surface area contributed by atoms with Gasteiger partial charge in [-0.15, -0.1) is 0 Å². The van der Waals surface area contributed by atoms with E-state index in [0.29, 0.717) is 31.3 Å². The number of sulfonamides is 1. The van der Waals surface area contributed by atoms with E-state index < -0.39 is 10.0 Å². The van der Waals surface area contributed by atoms with Gasteiger partial charge in [0.15, 0.2) is 11.5 Å². The fraction of sp³-hybridized carbons (Fsp3) is 0.346. The highest BCUT2D eigenvalue weighted by Gasteiger charge is 2.30. The van der Waals surface area contributed by atoms with E-state index in [0.717, 1.165) is 35.6 Å². The molecule has 0 radical (unpaired) electrons. The molecule has 5 rings (SSSR count). The maximum absolute atomic E-state index is 13.1. The molecule has 0 bridgehead atoms. The molecular weight excluding hydrogens is 452 g/mol. The molecule has 1 unspecified atom stereocenters. The second kappa shape index (κ2) is 9.64. The lowest BCUT2D eigenvalue weighted by Crippen LogP contribution is -2.34.